The topological polar surface area (TPSA) is 62.3 Å². The van der Waals surface area contributed by atoms with Gasteiger partial charge in [0.05, 0.1) is 16.8 Å². The Morgan fingerprint density at radius 2 is 1.93 bits per heavy atom. The summed E-state index contributed by atoms with van der Waals surface area (Å²) in [4.78, 5) is 30.4. The van der Waals surface area contributed by atoms with Gasteiger partial charge in [-0.1, -0.05) is 24.3 Å². The molecule has 0 radical (unpaired) electrons. The average Bonchev–Trinajstić information content (AvgIpc) is 3.13. The van der Waals surface area contributed by atoms with Gasteiger partial charge in [-0.3, -0.25) is 9.59 Å². The van der Waals surface area contributed by atoms with Gasteiger partial charge >= 0.3 is 0 Å². The summed E-state index contributed by atoms with van der Waals surface area (Å²) < 4.78 is 14.0. The minimum atomic E-state index is -0.322. The number of carbonyl (C=O) groups excluding carboxylic acids is 2. The smallest absolute Gasteiger partial charge is 0.247 e. The Morgan fingerprint density at radius 1 is 1.18 bits per heavy atom. The number of carbonyl (C=O) groups is 2. The van der Waals surface area contributed by atoms with Crippen LogP contribution in [0.25, 0.3) is 16.3 Å². The van der Waals surface area contributed by atoms with Crippen molar-refractivity contribution in [2.75, 3.05) is 13.1 Å². The number of aromatic nitrogens is 1. The normalized spacial score (nSPS) is 11.1. The molecule has 0 spiro atoms. The second-order valence-electron chi connectivity index (χ2n) is 6.11. The van der Waals surface area contributed by atoms with E-state index >= 15 is 0 Å². The molecule has 0 aliphatic carbocycles. The van der Waals surface area contributed by atoms with Crippen LogP contribution in [0.3, 0.4) is 0 Å². The number of thiazole rings is 1. The fraction of sp³-hybridized carbons (Fsp3) is 0.190. The molecule has 1 N–H and O–H groups in total. The molecular weight excluding hydrogens is 377 g/mol. The van der Waals surface area contributed by atoms with Crippen molar-refractivity contribution in [1.29, 1.82) is 0 Å². The summed E-state index contributed by atoms with van der Waals surface area (Å²) in [5, 5.41) is 3.48. The first kappa shape index (κ1) is 19.7. The van der Waals surface area contributed by atoms with Gasteiger partial charge in [0.1, 0.15) is 10.8 Å². The average molecular weight is 397 g/mol. The van der Waals surface area contributed by atoms with E-state index in [-0.39, 0.29) is 30.7 Å². The van der Waals surface area contributed by atoms with Gasteiger partial charge in [-0.2, -0.15) is 0 Å². The number of nitrogens with zero attached hydrogens (tertiary/aromatic N) is 2. The fourth-order valence-electron chi connectivity index (χ4n) is 2.59. The number of hydrogen-bond donors (Lipinski definition) is 1. The SMILES string of the molecule is CCN(CC(=O)NCc1ccc(F)cc1)C(=O)/C=C/c1nc2ccccc2s1. The maximum absolute atomic E-state index is 12.9. The van der Waals surface area contributed by atoms with Crippen molar-refractivity contribution in [3.05, 3.63) is 71.0 Å². The van der Waals surface area contributed by atoms with Crippen molar-refractivity contribution in [2.45, 2.75) is 13.5 Å². The molecule has 28 heavy (non-hydrogen) atoms. The molecule has 0 saturated heterocycles. The molecule has 0 bridgehead atoms. The molecule has 1 aromatic heterocycles. The molecule has 1 heterocycles. The lowest BCUT2D eigenvalue weighted by Gasteiger charge is -2.18. The maximum atomic E-state index is 12.9. The van der Waals surface area contributed by atoms with Crippen LogP contribution < -0.4 is 5.32 Å². The quantitative estimate of drug-likeness (QED) is 0.620. The Balaban J connectivity index is 1.54. The van der Waals surface area contributed by atoms with E-state index < -0.39 is 0 Å². The van der Waals surface area contributed by atoms with Crippen LogP contribution in [0, 0.1) is 5.82 Å². The van der Waals surface area contributed by atoms with Gasteiger partial charge < -0.3 is 10.2 Å². The van der Waals surface area contributed by atoms with E-state index in [0.717, 1.165) is 20.8 Å². The summed E-state index contributed by atoms with van der Waals surface area (Å²) in [5.41, 5.74) is 1.69. The van der Waals surface area contributed by atoms with E-state index in [1.807, 2.05) is 31.2 Å². The number of rotatable bonds is 7. The van der Waals surface area contributed by atoms with E-state index in [1.54, 1.807) is 18.2 Å². The van der Waals surface area contributed by atoms with Crippen LogP contribution in [0.1, 0.15) is 17.5 Å². The molecule has 144 valence electrons. The number of halogens is 1. The highest BCUT2D eigenvalue weighted by atomic mass is 32.1. The molecule has 7 heteroatoms. The number of hydrogen-bond acceptors (Lipinski definition) is 4. The number of para-hydroxylation sites is 1. The number of fused-ring (bicyclic) bond motifs is 1. The summed E-state index contributed by atoms with van der Waals surface area (Å²) >= 11 is 1.50. The highest BCUT2D eigenvalue weighted by Gasteiger charge is 2.13. The molecule has 0 fully saturated rings. The standard InChI is InChI=1S/C21H20FN3O2S/c1-2-25(14-19(26)23-13-15-7-9-16(22)10-8-15)21(27)12-11-20-24-17-5-3-4-6-18(17)28-20/h3-12H,2,13-14H2,1H3,(H,23,26)/b12-11+. The van der Waals surface area contributed by atoms with E-state index in [9.17, 15) is 14.0 Å². The summed E-state index contributed by atoms with van der Waals surface area (Å²) in [7, 11) is 0. The van der Waals surface area contributed by atoms with Crippen LogP contribution in [0.5, 0.6) is 0 Å². The van der Waals surface area contributed by atoms with Gasteiger partial charge in [0, 0.05) is 19.2 Å². The third kappa shape index (κ3) is 5.23. The van der Waals surface area contributed by atoms with Gasteiger partial charge in [-0.15, -0.1) is 11.3 Å². The van der Waals surface area contributed by atoms with Crippen molar-refractivity contribution in [3.63, 3.8) is 0 Å². The lowest BCUT2D eigenvalue weighted by Crippen LogP contribution is -2.39. The van der Waals surface area contributed by atoms with Crippen molar-refractivity contribution in [1.82, 2.24) is 15.2 Å². The number of likely N-dealkylation sites (N-methyl/N-ethyl adjacent to an activating group) is 1. The predicted octanol–water partition coefficient (Wildman–Crippen LogP) is 3.61. The molecule has 3 rings (SSSR count). The van der Waals surface area contributed by atoms with E-state index in [1.165, 1.54) is 34.4 Å². The first-order valence-corrected chi connectivity index (χ1v) is 9.70. The van der Waals surface area contributed by atoms with Crippen LogP contribution in [0.15, 0.2) is 54.6 Å². The fourth-order valence-corrected chi connectivity index (χ4v) is 3.46. The van der Waals surface area contributed by atoms with Gasteiger partial charge in [0.2, 0.25) is 11.8 Å². The van der Waals surface area contributed by atoms with Gasteiger partial charge in [-0.05, 0) is 42.8 Å². The van der Waals surface area contributed by atoms with Crippen LogP contribution in [-0.4, -0.2) is 34.8 Å². The van der Waals surface area contributed by atoms with Gasteiger partial charge in [0.25, 0.3) is 0 Å². The Labute approximate surface area is 166 Å². The summed E-state index contributed by atoms with van der Waals surface area (Å²) in [6, 6.07) is 13.7. The molecule has 5 nitrogen and oxygen atoms in total. The van der Waals surface area contributed by atoms with Crippen LogP contribution >= 0.6 is 11.3 Å². The van der Waals surface area contributed by atoms with Gasteiger partial charge in [0.15, 0.2) is 0 Å². The monoisotopic (exact) mass is 397 g/mol. The largest absolute Gasteiger partial charge is 0.350 e. The number of nitrogens with one attached hydrogen (secondary N) is 1. The molecule has 2 amide bonds. The molecule has 0 saturated carbocycles. The minimum absolute atomic E-state index is 0.0410. The zero-order chi connectivity index (χ0) is 19.9. The zero-order valence-electron chi connectivity index (χ0n) is 15.4. The molecule has 0 aliphatic heterocycles. The van der Waals surface area contributed by atoms with E-state index in [0.29, 0.717) is 6.54 Å². The van der Waals surface area contributed by atoms with Crippen LogP contribution in [0.4, 0.5) is 4.39 Å². The van der Waals surface area contributed by atoms with Crippen molar-refractivity contribution in [3.8, 4) is 0 Å². The molecule has 2 aromatic carbocycles. The molecular formula is C21H20FN3O2S. The lowest BCUT2D eigenvalue weighted by atomic mass is 10.2. The summed E-state index contributed by atoms with van der Waals surface area (Å²) in [5.74, 6) is -0.843. The van der Waals surface area contributed by atoms with Crippen molar-refractivity contribution < 1.29 is 14.0 Å². The van der Waals surface area contributed by atoms with E-state index in [4.69, 9.17) is 0 Å². The first-order chi connectivity index (χ1) is 13.5. The lowest BCUT2D eigenvalue weighted by molar-refractivity contribution is -0.132. The molecule has 3 aromatic rings. The summed E-state index contributed by atoms with van der Waals surface area (Å²) in [6.45, 7) is 2.47. The summed E-state index contributed by atoms with van der Waals surface area (Å²) in [6.07, 6.45) is 3.11. The Bertz CT molecular complexity index is 965. The second kappa shape index (κ2) is 9.23. The Kier molecular flexibility index (Phi) is 6.49. The minimum Gasteiger partial charge on any atom is -0.350 e. The predicted molar refractivity (Wildman–Crippen MR) is 109 cm³/mol. The molecule has 0 aliphatic rings. The number of benzene rings is 2. The van der Waals surface area contributed by atoms with Crippen molar-refractivity contribution in [2.24, 2.45) is 0 Å². The second-order valence-corrected chi connectivity index (χ2v) is 7.17. The molecule has 0 unspecified atom stereocenters. The van der Waals surface area contributed by atoms with Gasteiger partial charge in [-0.25, -0.2) is 9.37 Å². The third-order valence-electron chi connectivity index (χ3n) is 4.11. The Hall–Kier alpha value is -3.06. The van der Waals surface area contributed by atoms with E-state index in [2.05, 4.69) is 10.3 Å². The van der Waals surface area contributed by atoms with Crippen molar-refractivity contribution >= 4 is 39.4 Å². The number of amides is 2. The zero-order valence-corrected chi connectivity index (χ0v) is 16.2. The van der Waals surface area contributed by atoms with Crippen LogP contribution in [0.2, 0.25) is 0 Å². The molecule has 0 atom stereocenters. The van der Waals surface area contributed by atoms with Crippen LogP contribution in [-0.2, 0) is 16.1 Å². The maximum Gasteiger partial charge on any atom is 0.247 e. The first-order valence-electron chi connectivity index (χ1n) is 8.89. The third-order valence-corrected chi connectivity index (χ3v) is 5.11. The highest BCUT2D eigenvalue weighted by Crippen LogP contribution is 2.22. The highest BCUT2D eigenvalue weighted by molar-refractivity contribution is 7.19. The Morgan fingerprint density at radius 3 is 2.64 bits per heavy atom.